The Morgan fingerprint density at radius 2 is 2.12 bits per heavy atom. The fourth-order valence-electron chi connectivity index (χ4n) is 1.15. The van der Waals surface area contributed by atoms with E-state index in [9.17, 15) is 4.79 Å². The fourth-order valence-corrected chi connectivity index (χ4v) is 1.15. The van der Waals surface area contributed by atoms with Crippen LogP contribution in [-0.4, -0.2) is 22.7 Å². The highest BCUT2D eigenvalue weighted by molar-refractivity contribution is 5.75. The molecule has 1 heterocycles. The molecule has 16 heavy (non-hydrogen) atoms. The summed E-state index contributed by atoms with van der Waals surface area (Å²) in [5.41, 5.74) is 5.73. The molecule has 0 aliphatic rings. The van der Waals surface area contributed by atoms with E-state index in [4.69, 9.17) is 14.9 Å². The minimum Gasteiger partial charge on any atom is -0.484 e. The minimum absolute atomic E-state index is 0.139. The van der Waals surface area contributed by atoms with E-state index in [-0.39, 0.29) is 6.61 Å². The van der Waals surface area contributed by atoms with E-state index in [0.29, 0.717) is 11.6 Å². The number of carbonyl (C=O) groups excluding carboxylic acids is 1. The number of hydrogen-bond donors (Lipinski definition) is 1. The standard InChI is InChI=1S/C10H9N3O3/c11-9(14)5-15-8-3-1-7(2-4-8)10-13-12-6-16-10/h1-4,6H,5H2,(H2,11,14). The number of ether oxygens (including phenoxy) is 1. The normalized spacial score (nSPS) is 10.0. The Morgan fingerprint density at radius 3 is 2.69 bits per heavy atom. The molecule has 0 aliphatic heterocycles. The predicted molar refractivity (Wildman–Crippen MR) is 54.4 cm³/mol. The zero-order valence-electron chi connectivity index (χ0n) is 8.29. The third-order valence-corrected chi connectivity index (χ3v) is 1.84. The fraction of sp³-hybridized carbons (Fsp3) is 0.100. The second-order valence-corrected chi connectivity index (χ2v) is 3.02. The summed E-state index contributed by atoms with van der Waals surface area (Å²) in [5, 5.41) is 7.33. The summed E-state index contributed by atoms with van der Waals surface area (Å²) in [7, 11) is 0. The Morgan fingerprint density at radius 1 is 1.38 bits per heavy atom. The molecule has 0 atom stereocenters. The maximum atomic E-state index is 10.5. The van der Waals surface area contributed by atoms with E-state index < -0.39 is 5.91 Å². The lowest BCUT2D eigenvalue weighted by Crippen LogP contribution is -2.19. The van der Waals surface area contributed by atoms with Crippen molar-refractivity contribution in [3.63, 3.8) is 0 Å². The van der Waals surface area contributed by atoms with Gasteiger partial charge >= 0.3 is 0 Å². The van der Waals surface area contributed by atoms with Gasteiger partial charge in [-0.15, -0.1) is 10.2 Å². The van der Waals surface area contributed by atoms with Crippen LogP contribution in [0.3, 0.4) is 0 Å². The summed E-state index contributed by atoms with van der Waals surface area (Å²) >= 11 is 0. The van der Waals surface area contributed by atoms with Gasteiger partial charge in [0.15, 0.2) is 6.61 Å². The molecular formula is C10H9N3O3. The van der Waals surface area contributed by atoms with Gasteiger partial charge in [-0.1, -0.05) is 0 Å². The van der Waals surface area contributed by atoms with Crippen molar-refractivity contribution in [3.05, 3.63) is 30.7 Å². The first-order valence-electron chi connectivity index (χ1n) is 4.53. The number of amides is 1. The molecular weight excluding hydrogens is 210 g/mol. The van der Waals surface area contributed by atoms with Crippen LogP contribution in [0.1, 0.15) is 0 Å². The number of rotatable bonds is 4. The van der Waals surface area contributed by atoms with Gasteiger partial charge in [-0.2, -0.15) is 0 Å². The van der Waals surface area contributed by atoms with Crippen molar-refractivity contribution < 1.29 is 13.9 Å². The third kappa shape index (κ3) is 2.35. The summed E-state index contributed by atoms with van der Waals surface area (Å²) in [6.07, 6.45) is 1.26. The molecule has 0 unspecified atom stereocenters. The Labute approximate surface area is 91.0 Å². The highest BCUT2D eigenvalue weighted by Gasteiger charge is 2.03. The van der Waals surface area contributed by atoms with Crippen LogP contribution in [0.25, 0.3) is 11.5 Å². The van der Waals surface area contributed by atoms with Gasteiger partial charge in [0, 0.05) is 5.56 Å². The molecule has 6 nitrogen and oxygen atoms in total. The molecule has 0 fully saturated rings. The molecule has 0 radical (unpaired) electrons. The molecule has 82 valence electrons. The molecule has 6 heteroatoms. The van der Waals surface area contributed by atoms with Crippen LogP contribution in [-0.2, 0) is 4.79 Å². The summed E-state index contributed by atoms with van der Waals surface area (Å²) in [6, 6.07) is 6.90. The number of aromatic nitrogens is 2. The Hall–Kier alpha value is -2.37. The number of nitrogens with zero attached hydrogens (tertiary/aromatic N) is 2. The van der Waals surface area contributed by atoms with Crippen molar-refractivity contribution >= 4 is 5.91 Å². The summed E-state index contributed by atoms with van der Waals surface area (Å²) in [5.74, 6) is 0.476. The summed E-state index contributed by atoms with van der Waals surface area (Å²) in [4.78, 5) is 10.5. The molecule has 0 bridgehead atoms. The number of carbonyl (C=O) groups is 1. The largest absolute Gasteiger partial charge is 0.484 e. The quantitative estimate of drug-likeness (QED) is 0.812. The molecule has 2 rings (SSSR count). The van der Waals surface area contributed by atoms with Crippen molar-refractivity contribution in [1.29, 1.82) is 0 Å². The minimum atomic E-state index is -0.513. The van der Waals surface area contributed by atoms with Gasteiger partial charge in [0.2, 0.25) is 12.3 Å². The smallest absolute Gasteiger partial charge is 0.255 e. The molecule has 0 spiro atoms. The lowest BCUT2D eigenvalue weighted by molar-refractivity contribution is -0.119. The van der Waals surface area contributed by atoms with E-state index in [1.165, 1.54) is 6.39 Å². The highest BCUT2D eigenvalue weighted by Crippen LogP contribution is 2.19. The van der Waals surface area contributed by atoms with E-state index >= 15 is 0 Å². The predicted octanol–water partition coefficient (Wildman–Crippen LogP) is 0.601. The first-order chi connectivity index (χ1) is 7.75. The number of benzene rings is 1. The summed E-state index contributed by atoms with van der Waals surface area (Å²) in [6.45, 7) is -0.139. The summed E-state index contributed by atoms with van der Waals surface area (Å²) < 4.78 is 10.1. The topological polar surface area (TPSA) is 91.2 Å². The van der Waals surface area contributed by atoms with Crippen molar-refractivity contribution in [3.8, 4) is 17.2 Å². The van der Waals surface area contributed by atoms with Crippen molar-refractivity contribution in [1.82, 2.24) is 10.2 Å². The van der Waals surface area contributed by atoms with Crippen LogP contribution in [0.4, 0.5) is 0 Å². The number of hydrogen-bond acceptors (Lipinski definition) is 5. The van der Waals surface area contributed by atoms with Crippen LogP contribution >= 0.6 is 0 Å². The van der Waals surface area contributed by atoms with E-state index in [1.807, 2.05) is 0 Å². The molecule has 0 saturated carbocycles. The van der Waals surface area contributed by atoms with Crippen molar-refractivity contribution in [2.75, 3.05) is 6.61 Å². The van der Waals surface area contributed by atoms with Gasteiger partial charge in [0.05, 0.1) is 0 Å². The Bertz CT molecular complexity index is 465. The highest BCUT2D eigenvalue weighted by atomic mass is 16.5. The van der Waals surface area contributed by atoms with Crippen LogP contribution in [0, 0.1) is 0 Å². The van der Waals surface area contributed by atoms with Gasteiger partial charge < -0.3 is 14.9 Å². The SMILES string of the molecule is NC(=O)COc1ccc(-c2nnco2)cc1. The van der Waals surface area contributed by atoms with Crippen molar-refractivity contribution in [2.45, 2.75) is 0 Å². The Kier molecular flexibility index (Phi) is 2.81. The second kappa shape index (κ2) is 4.43. The van der Waals surface area contributed by atoms with Crippen LogP contribution in [0.2, 0.25) is 0 Å². The molecule has 2 N–H and O–H groups in total. The maximum absolute atomic E-state index is 10.5. The molecule has 1 amide bonds. The Balaban J connectivity index is 2.08. The monoisotopic (exact) mass is 219 g/mol. The molecule has 1 aromatic heterocycles. The lowest BCUT2D eigenvalue weighted by Gasteiger charge is -2.03. The molecule has 0 saturated heterocycles. The van der Waals surface area contributed by atoms with Crippen molar-refractivity contribution in [2.24, 2.45) is 5.73 Å². The van der Waals surface area contributed by atoms with E-state index in [0.717, 1.165) is 5.56 Å². The molecule has 2 aromatic rings. The van der Waals surface area contributed by atoms with Gasteiger partial charge in [0.1, 0.15) is 5.75 Å². The van der Waals surface area contributed by atoms with Gasteiger partial charge in [-0.05, 0) is 24.3 Å². The van der Waals surface area contributed by atoms with Crippen LogP contribution in [0.5, 0.6) is 5.75 Å². The average Bonchev–Trinajstić information content (AvgIpc) is 2.80. The zero-order chi connectivity index (χ0) is 11.4. The molecule has 1 aromatic carbocycles. The second-order valence-electron chi connectivity index (χ2n) is 3.02. The average molecular weight is 219 g/mol. The van der Waals surface area contributed by atoms with Gasteiger partial charge in [0.25, 0.3) is 5.91 Å². The first-order valence-corrected chi connectivity index (χ1v) is 4.53. The maximum Gasteiger partial charge on any atom is 0.255 e. The third-order valence-electron chi connectivity index (χ3n) is 1.84. The lowest BCUT2D eigenvalue weighted by atomic mass is 10.2. The van der Waals surface area contributed by atoms with Gasteiger partial charge in [-0.3, -0.25) is 4.79 Å². The number of primary amides is 1. The first kappa shape index (κ1) is 10.2. The van der Waals surface area contributed by atoms with E-state index in [2.05, 4.69) is 10.2 Å². The van der Waals surface area contributed by atoms with Crippen LogP contribution < -0.4 is 10.5 Å². The van der Waals surface area contributed by atoms with Crippen LogP contribution in [0.15, 0.2) is 35.1 Å². The van der Waals surface area contributed by atoms with Gasteiger partial charge in [-0.25, -0.2) is 0 Å². The molecule has 0 aliphatic carbocycles. The van der Waals surface area contributed by atoms with E-state index in [1.54, 1.807) is 24.3 Å². The number of nitrogens with two attached hydrogens (primary N) is 1. The zero-order valence-corrected chi connectivity index (χ0v) is 8.29.